The van der Waals surface area contributed by atoms with Gasteiger partial charge in [0.25, 0.3) is 5.95 Å². The highest BCUT2D eigenvalue weighted by molar-refractivity contribution is 5.20. The van der Waals surface area contributed by atoms with Gasteiger partial charge >= 0.3 is 5.63 Å². The van der Waals surface area contributed by atoms with Crippen LogP contribution in [0, 0.1) is 0 Å². The van der Waals surface area contributed by atoms with Crippen LogP contribution in [0.4, 0.5) is 0 Å². The third-order valence-electron chi connectivity index (χ3n) is 0.742. The molecule has 2 N–H and O–H groups in total. The van der Waals surface area contributed by atoms with Crippen molar-refractivity contribution < 1.29 is 14.6 Å². The molecule has 0 aliphatic heterocycles. The van der Waals surface area contributed by atoms with Crippen molar-refractivity contribution in [2.45, 2.75) is 0 Å². The summed E-state index contributed by atoms with van der Waals surface area (Å²) < 4.78 is 4.10. The third kappa shape index (κ3) is 1.22. The van der Waals surface area contributed by atoms with Gasteiger partial charge in [0, 0.05) is 0 Å². The molecule has 0 bridgehead atoms. The van der Waals surface area contributed by atoms with Gasteiger partial charge in [-0.1, -0.05) is 0 Å². The topological polar surface area (TPSA) is 70.7 Å². The van der Waals surface area contributed by atoms with E-state index in [0.29, 0.717) is 0 Å². The molecular weight excluding hydrogens is 124 g/mol. The molecule has 9 heavy (non-hydrogen) atoms. The number of aromatic hydroxyl groups is 2. The van der Waals surface area contributed by atoms with Gasteiger partial charge in [-0.25, -0.2) is 4.79 Å². The van der Waals surface area contributed by atoms with Crippen LogP contribution in [0.5, 0.6) is 11.7 Å². The summed E-state index contributed by atoms with van der Waals surface area (Å²) >= 11 is 0. The van der Waals surface area contributed by atoms with Crippen LogP contribution < -0.4 is 5.63 Å². The molecule has 0 aliphatic rings. The second-order valence-electron chi connectivity index (χ2n) is 1.47. The van der Waals surface area contributed by atoms with E-state index in [9.17, 15) is 4.79 Å². The summed E-state index contributed by atoms with van der Waals surface area (Å²) in [7, 11) is 0. The normalized spacial score (nSPS) is 9.33. The SMILES string of the molecule is O=c1cc(O)cc(O)o1. The monoisotopic (exact) mass is 128 g/mol. The highest BCUT2D eigenvalue weighted by Gasteiger charge is 1.94. The smallest absolute Gasteiger partial charge is 0.342 e. The highest BCUT2D eigenvalue weighted by atomic mass is 16.5. The second-order valence-corrected chi connectivity index (χ2v) is 1.47. The molecule has 0 aliphatic carbocycles. The zero-order valence-corrected chi connectivity index (χ0v) is 4.37. The van der Waals surface area contributed by atoms with E-state index >= 15 is 0 Å². The Morgan fingerprint density at radius 3 is 2.44 bits per heavy atom. The van der Waals surface area contributed by atoms with Gasteiger partial charge in [0.05, 0.1) is 12.1 Å². The zero-order chi connectivity index (χ0) is 6.85. The molecule has 0 aromatic carbocycles. The number of hydrogen-bond acceptors (Lipinski definition) is 4. The molecule has 1 heterocycles. The number of rotatable bonds is 0. The van der Waals surface area contributed by atoms with Gasteiger partial charge in [0.1, 0.15) is 5.75 Å². The van der Waals surface area contributed by atoms with Crippen LogP contribution in [0.25, 0.3) is 0 Å². The second kappa shape index (κ2) is 1.81. The van der Waals surface area contributed by atoms with E-state index in [1.165, 1.54) is 0 Å². The third-order valence-corrected chi connectivity index (χ3v) is 0.742. The van der Waals surface area contributed by atoms with Crippen LogP contribution in [0.1, 0.15) is 0 Å². The molecule has 1 aromatic rings. The number of hydrogen-bond donors (Lipinski definition) is 2. The molecule has 0 unspecified atom stereocenters. The predicted octanol–water partition coefficient (Wildman–Crippen LogP) is 0.0510. The standard InChI is InChI=1S/C5H4O4/c6-3-1-4(7)9-5(8)2-3/h1-2,6-7H. The van der Waals surface area contributed by atoms with E-state index in [-0.39, 0.29) is 5.75 Å². The van der Waals surface area contributed by atoms with Crippen molar-refractivity contribution in [2.24, 2.45) is 0 Å². The first-order valence-corrected chi connectivity index (χ1v) is 2.21. The fourth-order valence-electron chi connectivity index (χ4n) is 0.451. The van der Waals surface area contributed by atoms with E-state index in [0.717, 1.165) is 12.1 Å². The maximum absolute atomic E-state index is 10.2. The van der Waals surface area contributed by atoms with Gasteiger partial charge in [-0.05, 0) is 0 Å². The fraction of sp³-hybridized carbons (Fsp3) is 0. The zero-order valence-electron chi connectivity index (χ0n) is 4.37. The summed E-state index contributed by atoms with van der Waals surface area (Å²) in [6.45, 7) is 0. The largest absolute Gasteiger partial charge is 0.507 e. The van der Waals surface area contributed by atoms with Crippen LogP contribution in [0.2, 0.25) is 0 Å². The van der Waals surface area contributed by atoms with Crippen LogP contribution in [0.3, 0.4) is 0 Å². The molecule has 0 radical (unpaired) electrons. The molecule has 1 rings (SSSR count). The van der Waals surface area contributed by atoms with E-state index < -0.39 is 11.6 Å². The van der Waals surface area contributed by atoms with Crippen LogP contribution in [-0.4, -0.2) is 10.2 Å². The van der Waals surface area contributed by atoms with Crippen molar-refractivity contribution in [1.82, 2.24) is 0 Å². The van der Waals surface area contributed by atoms with Crippen molar-refractivity contribution in [3.8, 4) is 11.7 Å². The Kier molecular flexibility index (Phi) is 1.14. The molecule has 1 aromatic heterocycles. The fourth-order valence-corrected chi connectivity index (χ4v) is 0.451. The van der Waals surface area contributed by atoms with Gasteiger partial charge in [-0.2, -0.15) is 0 Å². The Bertz CT molecular complexity index is 239. The predicted molar refractivity (Wildman–Crippen MR) is 28.3 cm³/mol. The van der Waals surface area contributed by atoms with Crippen molar-refractivity contribution in [2.75, 3.05) is 0 Å². The lowest BCUT2D eigenvalue weighted by Crippen LogP contribution is -1.92. The van der Waals surface area contributed by atoms with Gasteiger partial charge in [0.2, 0.25) is 0 Å². The first kappa shape index (κ1) is 5.68. The summed E-state index contributed by atoms with van der Waals surface area (Å²) in [6, 6.07) is 1.79. The first-order chi connectivity index (χ1) is 4.18. The molecule has 48 valence electrons. The van der Waals surface area contributed by atoms with E-state index in [2.05, 4.69) is 4.42 Å². The van der Waals surface area contributed by atoms with Gasteiger partial charge in [-0.15, -0.1) is 0 Å². The summed E-state index contributed by atoms with van der Waals surface area (Å²) in [5.74, 6) is -0.885. The molecule has 0 atom stereocenters. The Morgan fingerprint density at radius 1 is 1.33 bits per heavy atom. The molecule has 0 saturated heterocycles. The van der Waals surface area contributed by atoms with Crippen molar-refractivity contribution in [3.63, 3.8) is 0 Å². The Hall–Kier alpha value is -1.45. The average molecular weight is 128 g/mol. The minimum Gasteiger partial charge on any atom is -0.507 e. The van der Waals surface area contributed by atoms with Crippen molar-refractivity contribution in [3.05, 3.63) is 22.6 Å². The summed E-state index contributed by atoms with van der Waals surface area (Å²) in [5.41, 5.74) is -0.771. The Labute approximate surface area is 50.0 Å². The molecule has 0 amide bonds. The first-order valence-electron chi connectivity index (χ1n) is 2.21. The lowest BCUT2D eigenvalue weighted by Gasteiger charge is -1.88. The van der Waals surface area contributed by atoms with Crippen LogP contribution in [-0.2, 0) is 0 Å². The molecule has 0 spiro atoms. The van der Waals surface area contributed by atoms with Crippen molar-refractivity contribution >= 4 is 0 Å². The van der Waals surface area contributed by atoms with E-state index in [4.69, 9.17) is 10.2 Å². The Balaban J connectivity index is 3.33. The van der Waals surface area contributed by atoms with Gasteiger partial charge < -0.3 is 14.6 Å². The molecule has 4 nitrogen and oxygen atoms in total. The van der Waals surface area contributed by atoms with Crippen molar-refractivity contribution in [1.29, 1.82) is 0 Å². The summed E-state index contributed by atoms with van der Waals surface area (Å²) in [4.78, 5) is 10.2. The maximum Gasteiger partial charge on any atom is 0.342 e. The van der Waals surface area contributed by atoms with E-state index in [1.54, 1.807) is 0 Å². The van der Waals surface area contributed by atoms with Gasteiger partial charge in [-0.3, -0.25) is 0 Å². The van der Waals surface area contributed by atoms with Crippen LogP contribution in [0.15, 0.2) is 21.3 Å². The lowest BCUT2D eigenvalue weighted by molar-refractivity contribution is 0.303. The lowest BCUT2D eigenvalue weighted by atomic mass is 10.5. The molecule has 4 heteroatoms. The van der Waals surface area contributed by atoms with Gasteiger partial charge in [0.15, 0.2) is 0 Å². The minimum absolute atomic E-state index is 0.302. The van der Waals surface area contributed by atoms with Crippen LogP contribution >= 0.6 is 0 Å². The molecule has 0 fully saturated rings. The summed E-state index contributed by atoms with van der Waals surface area (Å²) in [6.07, 6.45) is 0. The quantitative estimate of drug-likeness (QED) is 0.518. The maximum atomic E-state index is 10.2. The minimum atomic E-state index is -0.771. The summed E-state index contributed by atoms with van der Waals surface area (Å²) in [5, 5.41) is 17.0. The molecule has 0 saturated carbocycles. The van der Waals surface area contributed by atoms with E-state index in [1.807, 2.05) is 0 Å². The Morgan fingerprint density at radius 2 is 2.00 bits per heavy atom. The highest BCUT2D eigenvalue weighted by Crippen LogP contribution is 2.11. The molecular formula is C5H4O4. The average Bonchev–Trinajstić information content (AvgIpc) is 1.59.